The predicted octanol–water partition coefficient (Wildman–Crippen LogP) is 7.94. The third-order valence-electron chi connectivity index (χ3n) is 14.6. The third-order valence-corrected chi connectivity index (χ3v) is 14.6. The van der Waals surface area contributed by atoms with Gasteiger partial charge in [-0.25, -0.2) is 8.78 Å². The van der Waals surface area contributed by atoms with E-state index in [9.17, 15) is 48.7 Å². The lowest BCUT2D eigenvalue weighted by Gasteiger charge is -2.40. The molecule has 15 nitrogen and oxygen atoms in total. The molecule has 1 amide bonds. The Morgan fingerprint density at radius 2 is 1.43 bits per heavy atom. The molecular formula is C55H65F2N3O12. The highest BCUT2D eigenvalue weighted by Crippen LogP contribution is 2.55. The second-order valence-electron chi connectivity index (χ2n) is 19.5. The van der Waals surface area contributed by atoms with Crippen LogP contribution in [0.2, 0.25) is 0 Å². The summed E-state index contributed by atoms with van der Waals surface area (Å²) in [5, 5.41) is 61.9. The number of allylic oxidation sites excluding steroid dienone is 2. The number of anilines is 1. The van der Waals surface area contributed by atoms with Crippen LogP contribution in [0.5, 0.6) is 23.0 Å². The zero-order valence-electron chi connectivity index (χ0n) is 42.0. The summed E-state index contributed by atoms with van der Waals surface area (Å²) in [6.07, 6.45) is 3.42. The molecule has 1 saturated heterocycles. The van der Waals surface area contributed by atoms with Crippen LogP contribution in [-0.4, -0.2) is 116 Å². The van der Waals surface area contributed by atoms with Gasteiger partial charge < -0.3 is 49.8 Å². The lowest BCUT2D eigenvalue weighted by Crippen LogP contribution is -2.47. The number of fused-ring (bicyclic) bond motifs is 14. The number of carbonyl (C=O) groups excluding carboxylic acids is 3. The fraction of sp³-hybridized carbons (Fsp3) is 0.436. The van der Waals surface area contributed by atoms with Crippen molar-refractivity contribution in [1.82, 2.24) is 9.80 Å². The number of aliphatic hydroxyl groups is 2. The topological polar surface area (TPSA) is 208 Å². The molecule has 17 heteroatoms. The molecule has 5 bridgehead atoms. The summed E-state index contributed by atoms with van der Waals surface area (Å²) >= 11 is 0. The van der Waals surface area contributed by atoms with Gasteiger partial charge in [0.15, 0.2) is 5.75 Å². The molecule has 0 aliphatic carbocycles. The SMILES string of the molecule is CO[C@H]1/C=C/O[C@@]2(C)Oc3c(C)c(O)c4c(O)c(c(CN5CCN(C(c6ccc(F)cc6)c6ccc(F)cc6)CC5)c(O)c4c3C2=O)NC(=O)/C(C)=C\C=C\[C@H](C)[C@H](O)[C@@H](C)[C@@H](O)[C@@H](C)[C@H](OC(C)=O)[C@@H]1C. The molecule has 0 radical (unpaired) electrons. The number of carbonyl (C=O) groups is 3. The van der Waals surface area contributed by atoms with Gasteiger partial charge in [-0.3, -0.25) is 24.2 Å². The molecule has 4 aromatic rings. The number of methoxy groups -OCH3 is 1. The Morgan fingerprint density at radius 3 is 2.00 bits per heavy atom. The maximum absolute atomic E-state index is 14.7. The maximum Gasteiger partial charge on any atom is 0.312 e. The van der Waals surface area contributed by atoms with Crippen LogP contribution in [0, 0.1) is 42.2 Å². The molecule has 0 saturated carbocycles. The molecule has 6 N–H and O–H groups in total. The quantitative estimate of drug-likeness (QED) is 0.0591. The van der Waals surface area contributed by atoms with Crippen molar-refractivity contribution in [3.05, 3.63) is 124 Å². The number of Topliss-reactive ketones (excluding diaryl/α,β-unsaturated/α-hetero) is 1. The molecule has 1 fully saturated rings. The Labute approximate surface area is 417 Å². The lowest BCUT2D eigenvalue weighted by atomic mass is 9.78. The molecule has 0 spiro atoms. The molecule has 9 atom stereocenters. The van der Waals surface area contributed by atoms with Gasteiger partial charge in [0.2, 0.25) is 0 Å². The van der Waals surface area contributed by atoms with E-state index in [2.05, 4.69) is 10.2 Å². The van der Waals surface area contributed by atoms with Crippen LogP contribution in [0.15, 0.2) is 84.7 Å². The summed E-state index contributed by atoms with van der Waals surface area (Å²) in [5.41, 5.74) is 1.39. The van der Waals surface area contributed by atoms with Crippen LogP contribution in [0.3, 0.4) is 0 Å². The number of nitrogens with one attached hydrogen (secondary N) is 1. The fourth-order valence-corrected chi connectivity index (χ4v) is 10.2. The van der Waals surface area contributed by atoms with Gasteiger partial charge >= 0.3 is 11.8 Å². The van der Waals surface area contributed by atoms with Gasteiger partial charge in [-0.2, -0.15) is 0 Å². The van der Waals surface area contributed by atoms with E-state index in [1.807, 2.05) is 4.90 Å². The van der Waals surface area contributed by atoms with E-state index in [-0.39, 0.29) is 57.1 Å². The number of nitrogens with zero attached hydrogens (tertiary/aromatic N) is 2. The van der Waals surface area contributed by atoms with Gasteiger partial charge in [0, 0.05) is 99.4 Å². The summed E-state index contributed by atoms with van der Waals surface area (Å²) in [6, 6.07) is 11.9. The fourth-order valence-electron chi connectivity index (χ4n) is 10.2. The van der Waals surface area contributed by atoms with E-state index < -0.39 is 100 Å². The largest absolute Gasteiger partial charge is 0.507 e. The second kappa shape index (κ2) is 21.8. The van der Waals surface area contributed by atoms with Crippen molar-refractivity contribution in [2.75, 3.05) is 38.6 Å². The van der Waals surface area contributed by atoms with Gasteiger partial charge in [0.25, 0.3) is 11.7 Å². The average Bonchev–Trinajstić information content (AvgIpc) is 3.62. The molecule has 0 unspecified atom stereocenters. The highest BCUT2D eigenvalue weighted by atomic mass is 19.1. The minimum atomic E-state index is -2.09. The van der Waals surface area contributed by atoms with Crippen molar-refractivity contribution >= 4 is 34.1 Å². The van der Waals surface area contributed by atoms with Crippen molar-refractivity contribution in [2.45, 2.75) is 98.2 Å². The predicted molar refractivity (Wildman–Crippen MR) is 265 cm³/mol. The number of amides is 1. The summed E-state index contributed by atoms with van der Waals surface area (Å²) in [6.45, 7) is 14.1. The Bertz CT molecular complexity index is 2730. The molecule has 8 rings (SSSR count). The number of aromatic hydroxyl groups is 3. The van der Waals surface area contributed by atoms with Crippen LogP contribution in [0.25, 0.3) is 10.8 Å². The number of hydrogen-bond acceptors (Lipinski definition) is 14. The minimum Gasteiger partial charge on any atom is -0.507 e. The Balaban J connectivity index is 1.31. The van der Waals surface area contributed by atoms with Gasteiger partial charge in [-0.05, 0) is 55.3 Å². The summed E-state index contributed by atoms with van der Waals surface area (Å²) in [7, 11) is 1.43. The minimum absolute atomic E-state index is 0.0265. The van der Waals surface area contributed by atoms with E-state index in [1.165, 1.54) is 77.5 Å². The summed E-state index contributed by atoms with van der Waals surface area (Å²) in [5.74, 6) is -9.34. The van der Waals surface area contributed by atoms with E-state index in [4.69, 9.17) is 18.9 Å². The van der Waals surface area contributed by atoms with Crippen molar-refractivity contribution < 1.29 is 67.6 Å². The van der Waals surface area contributed by atoms with Crippen LogP contribution in [0.1, 0.15) is 87.1 Å². The number of ether oxygens (including phenoxy) is 4. The van der Waals surface area contributed by atoms with Crippen LogP contribution in [-0.2, 0) is 30.3 Å². The smallest absolute Gasteiger partial charge is 0.312 e. The average molecular weight is 998 g/mol. The number of phenols is 3. The van der Waals surface area contributed by atoms with Crippen LogP contribution >= 0.6 is 0 Å². The normalized spacial score (nSPS) is 28.6. The van der Waals surface area contributed by atoms with E-state index in [0.29, 0.717) is 26.2 Å². The number of esters is 1. The summed E-state index contributed by atoms with van der Waals surface area (Å²) in [4.78, 5) is 45.4. The van der Waals surface area contributed by atoms with Gasteiger partial charge in [-0.15, -0.1) is 0 Å². The first-order valence-corrected chi connectivity index (χ1v) is 24.1. The maximum atomic E-state index is 14.7. The van der Waals surface area contributed by atoms with Crippen molar-refractivity contribution in [2.24, 2.45) is 23.7 Å². The zero-order chi connectivity index (χ0) is 52.5. The first-order chi connectivity index (χ1) is 34.1. The Kier molecular flexibility index (Phi) is 16.2. The third kappa shape index (κ3) is 10.6. The molecule has 72 heavy (non-hydrogen) atoms. The Morgan fingerprint density at radius 1 is 0.833 bits per heavy atom. The highest BCUT2D eigenvalue weighted by Gasteiger charge is 2.50. The molecular weight excluding hydrogens is 933 g/mol. The molecule has 4 aliphatic heterocycles. The number of benzene rings is 4. The molecule has 4 heterocycles. The van der Waals surface area contributed by atoms with Gasteiger partial charge in [0.05, 0.1) is 47.3 Å². The van der Waals surface area contributed by atoms with E-state index in [1.54, 1.807) is 64.1 Å². The van der Waals surface area contributed by atoms with Crippen molar-refractivity contribution in [1.29, 1.82) is 0 Å². The molecule has 4 aliphatic rings. The summed E-state index contributed by atoms with van der Waals surface area (Å²) < 4.78 is 52.0. The molecule has 4 aromatic carbocycles. The van der Waals surface area contributed by atoms with Crippen LogP contribution < -0.4 is 10.1 Å². The number of rotatable bonds is 7. The van der Waals surface area contributed by atoms with Crippen LogP contribution in [0.4, 0.5) is 14.5 Å². The van der Waals surface area contributed by atoms with E-state index >= 15 is 0 Å². The van der Waals surface area contributed by atoms with Gasteiger partial charge in [0.1, 0.15) is 35.0 Å². The number of piperazine rings is 1. The van der Waals surface area contributed by atoms with Gasteiger partial charge in [-0.1, -0.05) is 70.2 Å². The standard InChI is InChI=1S/C55H65F2N3O12/c1-28-11-10-12-29(2)54(68)58-44-39(27-59-22-24-60(25-23-59)45(35-13-17-37(56)18-14-35)36-15-19-38(57)20-16-36)49(65)41-42(50(44)66)48(64)33(6)52-43(41)53(67)55(8,72-52)70-26-21-40(69-9)30(3)51(71-34(7)61)32(5)47(63)31(4)46(28)62/h10-21,26,28,30-32,40,45-47,51,62-66H,22-25,27H2,1-9H3,(H,58,68)/b11-10+,26-21+,29-12-/t28-,30+,31+,32+,40-,46-,47+,51+,55-/m0/s1. The number of aliphatic hydroxyl groups excluding tert-OH is 2. The second-order valence-corrected chi connectivity index (χ2v) is 19.5. The molecule has 0 aromatic heterocycles. The number of halogens is 2. The number of phenolic OH excluding ortho intramolecular Hbond substituents is 3. The monoisotopic (exact) mass is 997 g/mol. The first-order valence-electron chi connectivity index (χ1n) is 24.1. The Hall–Kier alpha value is -6.37. The number of hydrogen-bond donors (Lipinski definition) is 6. The van der Waals surface area contributed by atoms with Crippen molar-refractivity contribution in [3.63, 3.8) is 0 Å². The number of ketones is 1. The van der Waals surface area contributed by atoms with E-state index in [0.717, 1.165) is 11.1 Å². The van der Waals surface area contributed by atoms with Crippen molar-refractivity contribution in [3.8, 4) is 23.0 Å². The zero-order valence-corrected chi connectivity index (χ0v) is 42.0. The molecule has 386 valence electrons. The highest BCUT2D eigenvalue weighted by molar-refractivity contribution is 6.22. The lowest BCUT2D eigenvalue weighted by molar-refractivity contribution is -0.160. The first kappa shape index (κ1) is 53.4.